The first-order chi connectivity index (χ1) is 12.3. The van der Waals surface area contributed by atoms with E-state index in [1.807, 2.05) is 18.2 Å². The highest BCUT2D eigenvalue weighted by atomic mass is 15.3. The molecule has 3 rings (SSSR count). The first-order valence-corrected chi connectivity index (χ1v) is 8.71. The largest absolute Gasteiger partial charge is 0.366 e. The van der Waals surface area contributed by atoms with E-state index >= 15 is 0 Å². The van der Waals surface area contributed by atoms with Crippen LogP contribution in [0.3, 0.4) is 0 Å². The Morgan fingerprint density at radius 2 is 1.88 bits per heavy atom. The zero-order valence-corrected chi connectivity index (χ0v) is 14.5. The summed E-state index contributed by atoms with van der Waals surface area (Å²) >= 11 is 0. The molecule has 1 aliphatic heterocycles. The van der Waals surface area contributed by atoms with Gasteiger partial charge < -0.3 is 10.2 Å². The zero-order chi connectivity index (χ0) is 17.3. The van der Waals surface area contributed by atoms with Crippen LogP contribution in [0.4, 0.5) is 11.6 Å². The van der Waals surface area contributed by atoms with Gasteiger partial charge in [0.1, 0.15) is 18.0 Å². The monoisotopic (exact) mass is 335 g/mol. The molecule has 0 unspecified atom stereocenters. The Kier molecular flexibility index (Phi) is 6.17. The third kappa shape index (κ3) is 5.16. The Morgan fingerprint density at radius 1 is 1.08 bits per heavy atom. The minimum Gasteiger partial charge on any atom is -0.366 e. The third-order valence-corrected chi connectivity index (χ3v) is 4.25. The van der Waals surface area contributed by atoms with E-state index in [1.165, 1.54) is 5.56 Å². The van der Waals surface area contributed by atoms with Crippen LogP contribution in [0.5, 0.6) is 0 Å². The summed E-state index contributed by atoms with van der Waals surface area (Å²) in [5.74, 6) is 1.83. The highest BCUT2D eigenvalue weighted by Crippen LogP contribution is 2.16. The Hall–Kier alpha value is -2.66. The summed E-state index contributed by atoms with van der Waals surface area (Å²) in [5, 5.41) is 3.21. The van der Waals surface area contributed by atoms with Gasteiger partial charge in [-0.2, -0.15) is 0 Å². The molecule has 25 heavy (non-hydrogen) atoms. The molecule has 5 heteroatoms. The van der Waals surface area contributed by atoms with Gasteiger partial charge in [0.15, 0.2) is 0 Å². The van der Waals surface area contributed by atoms with Gasteiger partial charge in [0.2, 0.25) is 0 Å². The number of hydrogen-bond acceptors (Lipinski definition) is 5. The first-order valence-electron chi connectivity index (χ1n) is 8.71. The minimum absolute atomic E-state index is 0.706. The maximum Gasteiger partial charge on any atom is 0.134 e. The molecule has 0 amide bonds. The summed E-state index contributed by atoms with van der Waals surface area (Å²) in [7, 11) is 0. The topological polar surface area (TPSA) is 44.3 Å². The van der Waals surface area contributed by atoms with Crippen LogP contribution in [-0.4, -0.2) is 54.1 Å². The summed E-state index contributed by atoms with van der Waals surface area (Å²) in [6.45, 7) is 9.45. The predicted octanol–water partition coefficient (Wildman–Crippen LogP) is 2.91. The van der Waals surface area contributed by atoms with E-state index in [4.69, 9.17) is 0 Å². The second-order valence-corrected chi connectivity index (χ2v) is 6.03. The number of rotatable bonds is 7. The van der Waals surface area contributed by atoms with Gasteiger partial charge in [-0.25, -0.2) is 9.97 Å². The van der Waals surface area contributed by atoms with Crippen molar-refractivity contribution in [2.75, 3.05) is 49.5 Å². The molecule has 0 bridgehead atoms. The van der Waals surface area contributed by atoms with Crippen molar-refractivity contribution in [1.29, 1.82) is 0 Å². The Bertz CT molecular complexity index is 690. The average molecular weight is 335 g/mol. The van der Waals surface area contributed by atoms with E-state index in [1.54, 1.807) is 6.33 Å². The minimum atomic E-state index is 0.706. The fourth-order valence-corrected chi connectivity index (χ4v) is 2.85. The van der Waals surface area contributed by atoms with Crippen LogP contribution >= 0.6 is 0 Å². The highest BCUT2D eigenvalue weighted by Gasteiger charge is 2.17. The summed E-state index contributed by atoms with van der Waals surface area (Å²) < 4.78 is 0. The third-order valence-electron chi connectivity index (χ3n) is 4.25. The smallest absolute Gasteiger partial charge is 0.134 e. The lowest BCUT2D eigenvalue weighted by Gasteiger charge is -2.34. The van der Waals surface area contributed by atoms with Gasteiger partial charge in [-0.05, 0) is 5.56 Å². The number of piperazine rings is 1. The van der Waals surface area contributed by atoms with Crippen molar-refractivity contribution < 1.29 is 0 Å². The van der Waals surface area contributed by atoms with Crippen LogP contribution in [0.25, 0.3) is 6.08 Å². The summed E-state index contributed by atoms with van der Waals surface area (Å²) in [6.07, 6.45) is 7.88. The molecule has 130 valence electrons. The van der Waals surface area contributed by atoms with Crippen molar-refractivity contribution in [2.45, 2.75) is 0 Å². The van der Waals surface area contributed by atoms with E-state index in [9.17, 15) is 0 Å². The van der Waals surface area contributed by atoms with Crippen molar-refractivity contribution in [1.82, 2.24) is 14.9 Å². The van der Waals surface area contributed by atoms with Crippen molar-refractivity contribution in [3.8, 4) is 0 Å². The number of benzene rings is 1. The number of anilines is 2. The molecule has 1 aliphatic rings. The molecule has 1 saturated heterocycles. The van der Waals surface area contributed by atoms with Crippen molar-refractivity contribution in [3.63, 3.8) is 0 Å². The lowest BCUT2D eigenvalue weighted by atomic mass is 10.2. The van der Waals surface area contributed by atoms with E-state index in [0.29, 0.717) is 6.54 Å². The number of nitrogens with one attached hydrogen (secondary N) is 1. The molecule has 0 spiro atoms. The van der Waals surface area contributed by atoms with E-state index in [-0.39, 0.29) is 0 Å². The van der Waals surface area contributed by atoms with Gasteiger partial charge in [-0.1, -0.05) is 48.6 Å². The quantitative estimate of drug-likeness (QED) is 0.788. The summed E-state index contributed by atoms with van der Waals surface area (Å²) in [5.41, 5.74) is 1.25. The second-order valence-electron chi connectivity index (χ2n) is 6.03. The van der Waals surface area contributed by atoms with Crippen molar-refractivity contribution in [2.24, 2.45) is 0 Å². The normalized spacial score (nSPS) is 15.4. The van der Waals surface area contributed by atoms with Gasteiger partial charge in [-0.3, -0.25) is 4.90 Å². The van der Waals surface area contributed by atoms with Gasteiger partial charge in [0.05, 0.1) is 0 Å². The SMILES string of the molecule is C=CCNc1cc(N2CCN(C/C=C/c3ccccc3)CC2)ncn1. The van der Waals surface area contributed by atoms with Crippen LogP contribution in [-0.2, 0) is 0 Å². The first kappa shape index (κ1) is 17.2. The van der Waals surface area contributed by atoms with Gasteiger partial charge in [0.25, 0.3) is 0 Å². The molecule has 0 radical (unpaired) electrons. The van der Waals surface area contributed by atoms with Crippen LogP contribution in [0.2, 0.25) is 0 Å². The molecule has 2 heterocycles. The summed E-state index contributed by atoms with van der Waals surface area (Å²) in [6, 6.07) is 12.4. The molecule has 2 aromatic rings. The molecular weight excluding hydrogens is 310 g/mol. The van der Waals surface area contributed by atoms with Crippen molar-refractivity contribution >= 4 is 17.7 Å². The van der Waals surface area contributed by atoms with Gasteiger partial charge >= 0.3 is 0 Å². The Morgan fingerprint density at radius 3 is 2.64 bits per heavy atom. The maximum atomic E-state index is 4.41. The molecule has 1 aromatic carbocycles. The molecule has 0 atom stereocenters. The van der Waals surface area contributed by atoms with Crippen LogP contribution in [0, 0.1) is 0 Å². The fraction of sp³-hybridized carbons (Fsp3) is 0.300. The summed E-state index contributed by atoms with van der Waals surface area (Å²) in [4.78, 5) is 13.4. The molecule has 1 N–H and O–H groups in total. The van der Waals surface area contributed by atoms with Gasteiger partial charge in [0, 0.05) is 45.3 Å². The van der Waals surface area contributed by atoms with Crippen LogP contribution < -0.4 is 10.2 Å². The Balaban J connectivity index is 1.48. The lowest BCUT2D eigenvalue weighted by Crippen LogP contribution is -2.46. The molecule has 5 nitrogen and oxygen atoms in total. The maximum absolute atomic E-state index is 4.41. The van der Waals surface area contributed by atoms with Crippen molar-refractivity contribution in [3.05, 3.63) is 67.0 Å². The van der Waals surface area contributed by atoms with E-state index in [2.05, 4.69) is 68.1 Å². The number of hydrogen-bond donors (Lipinski definition) is 1. The standard InChI is InChI=1S/C20H25N5/c1-2-10-21-19-16-20(23-17-22-19)25-14-12-24(13-15-25)11-6-9-18-7-4-3-5-8-18/h2-9,16-17H,1,10-15H2,(H,21,22,23)/b9-6+. The fourth-order valence-electron chi connectivity index (χ4n) is 2.85. The number of aromatic nitrogens is 2. The van der Waals surface area contributed by atoms with Crippen LogP contribution in [0.15, 0.2) is 61.5 Å². The predicted molar refractivity (Wildman–Crippen MR) is 105 cm³/mol. The zero-order valence-electron chi connectivity index (χ0n) is 14.5. The number of nitrogens with zero attached hydrogens (tertiary/aromatic N) is 4. The highest BCUT2D eigenvalue weighted by molar-refractivity contribution is 5.50. The molecule has 1 fully saturated rings. The van der Waals surface area contributed by atoms with Crippen LogP contribution in [0.1, 0.15) is 5.56 Å². The molecular formula is C20H25N5. The average Bonchev–Trinajstić information content (AvgIpc) is 2.68. The lowest BCUT2D eigenvalue weighted by molar-refractivity contribution is 0.283. The van der Waals surface area contributed by atoms with Gasteiger partial charge in [-0.15, -0.1) is 6.58 Å². The van der Waals surface area contributed by atoms with E-state index in [0.717, 1.165) is 44.4 Å². The Labute approximate surface area is 149 Å². The second kappa shape index (κ2) is 8.99. The molecule has 1 aromatic heterocycles. The van der Waals surface area contributed by atoms with E-state index < -0.39 is 0 Å². The molecule has 0 aliphatic carbocycles. The molecule has 0 saturated carbocycles.